The van der Waals surface area contributed by atoms with Crippen molar-refractivity contribution in [2.75, 3.05) is 0 Å². The average molecular weight is 347 g/mol. The average Bonchev–Trinajstić information content (AvgIpc) is 2.85. The van der Waals surface area contributed by atoms with Crippen LogP contribution in [-0.2, 0) is 30.5 Å². The van der Waals surface area contributed by atoms with E-state index in [1.54, 1.807) is 12.1 Å². The summed E-state index contributed by atoms with van der Waals surface area (Å²) in [4.78, 5) is 12.4. The molecule has 0 aliphatic carbocycles. The third kappa shape index (κ3) is 3.46. The lowest BCUT2D eigenvalue weighted by atomic mass is 10.1. The Morgan fingerprint density at radius 1 is 1.12 bits per heavy atom. The van der Waals surface area contributed by atoms with Crippen molar-refractivity contribution < 1.29 is 22.3 Å². The van der Waals surface area contributed by atoms with E-state index < -0.39 is 28.8 Å². The van der Waals surface area contributed by atoms with E-state index in [-0.39, 0.29) is 17.4 Å². The van der Waals surface area contributed by atoms with Gasteiger partial charge in [0.25, 0.3) is 0 Å². The SMILES string of the molecule is NC1=C(OS(=O)Cc2ccccc2)C(=O)C(c2ccc(F)cc2)O1. The van der Waals surface area contributed by atoms with Crippen molar-refractivity contribution in [3.8, 4) is 0 Å². The molecule has 2 N–H and O–H groups in total. The molecule has 2 unspecified atom stereocenters. The standard InChI is InChI=1S/C17H14FNO4S/c18-13-8-6-12(7-9-13)15-14(20)16(17(19)22-15)23-24(21)10-11-4-2-1-3-5-11/h1-9,15H,10,19H2. The van der Waals surface area contributed by atoms with Gasteiger partial charge in [-0.3, -0.25) is 4.79 Å². The smallest absolute Gasteiger partial charge is 0.249 e. The van der Waals surface area contributed by atoms with E-state index in [1.165, 1.54) is 24.3 Å². The minimum Gasteiger partial charge on any atom is -0.460 e. The maximum Gasteiger partial charge on any atom is 0.249 e. The Kier molecular flexibility index (Phi) is 4.61. The second kappa shape index (κ2) is 6.84. The fraction of sp³-hybridized carbons (Fsp3) is 0.118. The molecule has 0 amide bonds. The molecule has 3 rings (SSSR count). The molecule has 2 atom stereocenters. The molecule has 24 heavy (non-hydrogen) atoms. The number of hydrogen-bond acceptors (Lipinski definition) is 5. The summed E-state index contributed by atoms with van der Waals surface area (Å²) in [6.45, 7) is 0. The lowest BCUT2D eigenvalue weighted by molar-refractivity contribution is -0.123. The maximum absolute atomic E-state index is 13.0. The highest BCUT2D eigenvalue weighted by atomic mass is 32.2. The van der Waals surface area contributed by atoms with Gasteiger partial charge in [-0.25, -0.2) is 8.60 Å². The van der Waals surface area contributed by atoms with Crippen molar-refractivity contribution >= 4 is 16.9 Å². The Morgan fingerprint density at radius 3 is 2.46 bits per heavy atom. The van der Waals surface area contributed by atoms with Crippen LogP contribution in [0.5, 0.6) is 0 Å². The summed E-state index contributed by atoms with van der Waals surface area (Å²) in [5.41, 5.74) is 6.92. The number of ether oxygens (including phenoxy) is 1. The molecule has 7 heteroatoms. The van der Waals surface area contributed by atoms with Crippen molar-refractivity contribution in [2.45, 2.75) is 11.9 Å². The number of ketones is 1. The van der Waals surface area contributed by atoms with Gasteiger partial charge in [-0.05, 0) is 17.7 Å². The first-order valence-electron chi connectivity index (χ1n) is 7.11. The zero-order valence-electron chi connectivity index (χ0n) is 12.5. The Labute approximate surface area is 140 Å². The van der Waals surface area contributed by atoms with Crippen LogP contribution >= 0.6 is 0 Å². The molecule has 2 aromatic rings. The van der Waals surface area contributed by atoms with Gasteiger partial charge in [-0.15, -0.1) is 0 Å². The zero-order valence-corrected chi connectivity index (χ0v) is 13.3. The molecular formula is C17H14FNO4S. The van der Waals surface area contributed by atoms with Crippen molar-refractivity contribution in [2.24, 2.45) is 5.73 Å². The molecule has 0 aromatic heterocycles. The first-order valence-corrected chi connectivity index (χ1v) is 8.35. The van der Waals surface area contributed by atoms with Gasteiger partial charge >= 0.3 is 0 Å². The summed E-state index contributed by atoms with van der Waals surface area (Å²) in [5.74, 6) is -1.34. The van der Waals surface area contributed by atoms with Crippen LogP contribution in [0.2, 0.25) is 0 Å². The predicted octanol–water partition coefficient (Wildman–Crippen LogP) is 2.47. The van der Waals surface area contributed by atoms with E-state index in [4.69, 9.17) is 14.7 Å². The summed E-state index contributed by atoms with van der Waals surface area (Å²) >= 11 is -1.78. The van der Waals surface area contributed by atoms with Crippen LogP contribution in [0.3, 0.4) is 0 Å². The summed E-state index contributed by atoms with van der Waals surface area (Å²) in [6, 6.07) is 14.4. The van der Waals surface area contributed by atoms with Gasteiger partial charge in [0.15, 0.2) is 6.10 Å². The summed E-state index contributed by atoms with van der Waals surface area (Å²) < 4.78 is 35.5. The third-order valence-corrected chi connectivity index (χ3v) is 4.33. The van der Waals surface area contributed by atoms with Gasteiger partial charge in [0.2, 0.25) is 28.5 Å². The summed E-state index contributed by atoms with van der Waals surface area (Å²) in [5, 5.41) is 0. The minimum absolute atomic E-state index is 0.117. The fourth-order valence-corrected chi connectivity index (χ4v) is 3.12. The van der Waals surface area contributed by atoms with Gasteiger partial charge in [0.1, 0.15) is 5.82 Å². The first-order chi connectivity index (χ1) is 11.5. The molecule has 0 saturated heterocycles. The molecule has 1 aliphatic rings. The van der Waals surface area contributed by atoms with Gasteiger partial charge in [-0.2, -0.15) is 0 Å². The van der Waals surface area contributed by atoms with E-state index in [1.807, 2.05) is 18.2 Å². The Balaban J connectivity index is 1.69. The Hall–Kier alpha value is -2.67. The van der Waals surface area contributed by atoms with Crippen molar-refractivity contribution in [1.29, 1.82) is 0 Å². The monoisotopic (exact) mass is 347 g/mol. The molecule has 0 radical (unpaired) electrons. The Bertz CT molecular complexity index is 805. The molecule has 124 valence electrons. The van der Waals surface area contributed by atoms with Crippen molar-refractivity contribution in [1.82, 2.24) is 0 Å². The van der Waals surface area contributed by atoms with E-state index >= 15 is 0 Å². The molecule has 0 saturated carbocycles. The maximum atomic E-state index is 13.0. The topological polar surface area (TPSA) is 78.6 Å². The zero-order chi connectivity index (χ0) is 17.1. The number of rotatable bonds is 5. The van der Waals surface area contributed by atoms with E-state index in [0.29, 0.717) is 5.56 Å². The van der Waals surface area contributed by atoms with Crippen LogP contribution in [0, 0.1) is 5.82 Å². The number of benzene rings is 2. The molecule has 0 bridgehead atoms. The molecule has 0 fully saturated rings. The highest BCUT2D eigenvalue weighted by Gasteiger charge is 2.38. The van der Waals surface area contributed by atoms with E-state index in [9.17, 15) is 13.4 Å². The summed E-state index contributed by atoms with van der Waals surface area (Å²) in [7, 11) is 0. The van der Waals surface area contributed by atoms with Crippen LogP contribution in [0.4, 0.5) is 4.39 Å². The van der Waals surface area contributed by atoms with Gasteiger partial charge in [-0.1, -0.05) is 42.5 Å². The molecular weight excluding hydrogens is 333 g/mol. The molecule has 0 spiro atoms. The molecule has 1 aliphatic heterocycles. The van der Waals surface area contributed by atoms with Crippen LogP contribution < -0.4 is 5.73 Å². The largest absolute Gasteiger partial charge is 0.460 e. The van der Waals surface area contributed by atoms with Crippen molar-refractivity contribution in [3.63, 3.8) is 0 Å². The fourth-order valence-electron chi connectivity index (χ4n) is 2.25. The van der Waals surface area contributed by atoms with Gasteiger partial charge in [0.05, 0.1) is 5.75 Å². The highest BCUT2D eigenvalue weighted by molar-refractivity contribution is 7.79. The quantitative estimate of drug-likeness (QED) is 0.899. The number of nitrogens with two attached hydrogens (primary N) is 1. The van der Waals surface area contributed by atoms with Crippen molar-refractivity contribution in [3.05, 3.63) is 83.2 Å². The number of carbonyl (C=O) groups is 1. The van der Waals surface area contributed by atoms with Crippen LogP contribution in [0.25, 0.3) is 0 Å². The first kappa shape index (κ1) is 16.2. The minimum atomic E-state index is -1.78. The normalized spacial score (nSPS) is 18.4. The molecule has 2 aromatic carbocycles. The second-order valence-electron chi connectivity index (χ2n) is 5.12. The van der Waals surface area contributed by atoms with Gasteiger partial charge in [0, 0.05) is 5.56 Å². The van der Waals surface area contributed by atoms with E-state index in [2.05, 4.69) is 0 Å². The second-order valence-corrected chi connectivity index (χ2v) is 6.19. The van der Waals surface area contributed by atoms with Crippen LogP contribution in [0.1, 0.15) is 17.2 Å². The Morgan fingerprint density at radius 2 is 1.79 bits per heavy atom. The van der Waals surface area contributed by atoms with E-state index in [0.717, 1.165) is 5.56 Å². The third-order valence-electron chi connectivity index (χ3n) is 3.41. The summed E-state index contributed by atoms with van der Waals surface area (Å²) in [6.07, 6.45) is -1.02. The molecule has 5 nitrogen and oxygen atoms in total. The number of carbonyl (C=O) groups excluding carboxylic acids is 1. The van der Waals surface area contributed by atoms with Crippen LogP contribution in [-0.4, -0.2) is 9.99 Å². The number of halogens is 1. The molecule has 1 heterocycles. The lowest BCUT2D eigenvalue weighted by Crippen LogP contribution is -2.13. The lowest BCUT2D eigenvalue weighted by Gasteiger charge is -2.09. The predicted molar refractivity (Wildman–Crippen MR) is 85.8 cm³/mol. The van der Waals surface area contributed by atoms with Gasteiger partial charge < -0.3 is 14.7 Å². The number of Topliss-reactive ketones (excluding diaryl/α,β-unsaturated/α-hetero) is 1. The highest BCUT2D eigenvalue weighted by Crippen LogP contribution is 2.32. The van der Waals surface area contributed by atoms with Crippen LogP contribution in [0.15, 0.2) is 66.2 Å². The number of hydrogen-bond donors (Lipinski definition) is 1.